The largest absolute Gasteiger partial charge is 0.465 e. The van der Waals surface area contributed by atoms with Gasteiger partial charge in [0.1, 0.15) is 6.04 Å². The van der Waals surface area contributed by atoms with Crippen molar-refractivity contribution in [2.45, 2.75) is 68.0 Å². The van der Waals surface area contributed by atoms with Crippen molar-refractivity contribution in [3.8, 4) is 0 Å². The Morgan fingerprint density at radius 2 is 1.98 bits per heavy atom. The fourth-order valence-electron chi connectivity index (χ4n) is 7.18. The number of nitrogens with zero attached hydrogens (tertiary/aromatic N) is 3. The molecule has 0 aromatic carbocycles. The molecule has 2 amide bonds. The molecule has 4 rings (SSSR count). The van der Waals surface area contributed by atoms with Gasteiger partial charge in [0.2, 0.25) is 11.8 Å². The first-order valence-electron chi connectivity index (χ1n) is 14.8. The maximum absolute atomic E-state index is 14.6. The van der Waals surface area contributed by atoms with E-state index in [9.17, 15) is 19.5 Å². The van der Waals surface area contributed by atoms with Crippen molar-refractivity contribution in [3.05, 3.63) is 25.3 Å². The van der Waals surface area contributed by atoms with Crippen LogP contribution in [0, 0.1) is 17.8 Å². The third kappa shape index (κ3) is 5.61. The number of aliphatic hydroxyl groups excluding tert-OH is 1. The summed E-state index contributed by atoms with van der Waals surface area (Å²) in [5, 5.41) is 10.5. The summed E-state index contributed by atoms with van der Waals surface area (Å²) >= 11 is 1.64. The van der Waals surface area contributed by atoms with Gasteiger partial charge in [-0.25, -0.2) is 0 Å². The number of ether oxygens (including phenoxy) is 2. The Morgan fingerprint density at radius 3 is 2.60 bits per heavy atom. The van der Waals surface area contributed by atoms with Crippen LogP contribution in [0.4, 0.5) is 0 Å². The lowest BCUT2D eigenvalue weighted by atomic mass is 9.66. The van der Waals surface area contributed by atoms with Crippen LogP contribution in [0.5, 0.6) is 0 Å². The van der Waals surface area contributed by atoms with Crippen LogP contribution >= 0.6 is 11.8 Å². The number of rotatable bonds is 14. The van der Waals surface area contributed by atoms with Crippen molar-refractivity contribution >= 4 is 29.5 Å². The molecule has 0 aliphatic carbocycles. The topological polar surface area (TPSA) is 99.6 Å². The number of carbonyl (C=O) groups is 3. The maximum atomic E-state index is 14.6. The molecule has 0 aromatic heterocycles. The lowest BCUT2D eigenvalue weighted by Crippen LogP contribution is -2.59. The number of esters is 1. The third-order valence-corrected chi connectivity index (χ3v) is 11.2. The molecule has 4 fully saturated rings. The molecule has 1 spiro atoms. The van der Waals surface area contributed by atoms with E-state index in [2.05, 4.69) is 18.1 Å². The summed E-state index contributed by atoms with van der Waals surface area (Å²) in [6.45, 7) is 18.2. The van der Waals surface area contributed by atoms with Crippen molar-refractivity contribution in [2.24, 2.45) is 17.8 Å². The van der Waals surface area contributed by atoms with Crippen LogP contribution in [-0.2, 0) is 23.9 Å². The standard InChI is InChI=1S/C30H47N3O6S/c1-6-8-9-17-39-28(37)24-23-26(35)33(22(20-34)21(3)4)25(30(23)11-10-29(24,5)40-30)27(36)32(12-7-2)14-13-31-15-18-38-19-16-31/h6-7,21-25,34H,1-2,8-20H2,3-5H3/t22-,23-,24+,25?,29-,30?/m0/s1. The first kappa shape index (κ1) is 31.1. The number of fused-ring (bicyclic) bond motifs is 1. The van der Waals surface area contributed by atoms with E-state index in [4.69, 9.17) is 9.47 Å². The highest BCUT2D eigenvalue weighted by atomic mass is 32.2. The van der Waals surface area contributed by atoms with Crippen molar-refractivity contribution in [1.82, 2.24) is 14.7 Å². The highest BCUT2D eigenvalue weighted by Crippen LogP contribution is 2.72. The van der Waals surface area contributed by atoms with Crippen LogP contribution in [0.25, 0.3) is 0 Å². The molecule has 1 N–H and O–H groups in total. The minimum atomic E-state index is -0.764. The molecule has 4 aliphatic rings. The van der Waals surface area contributed by atoms with Crippen LogP contribution in [0.1, 0.15) is 46.5 Å². The van der Waals surface area contributed by atoms with Gasteiger partial charge in [0.15, 0.2) is 0 Å². The van der Waals surface area contributed by atoms with Gasteiger partial charge in [-0.2, -0.15) is 0 Å². The van der Waals surface area contributed by atoms with Crippen LogP contribution in [0.3, 0.4) is 0 Å². The SMILES string of the molecule is C=CCCCOC(=O)[C@H]1[C@H]2C(=O)N([C@@H](CO)C(C)C)C(C(=O)N(CC=C)CCN3CCOCC3)C23CC[C@]1(C)S3. The van der Waals surface area contributed by atoms with E-state index in [1.165, 1.54) is 0 Å². The average Bonchev–Trinajstić information content (AvgIpc) is 3.50. The molecular weight excluding hydrogens is 530 g/mol. The van der Waals surface area contributed by atoms with Gasteiger partial charge in [-0.15, -0.1) is 24.9 Å². The molecule has 4 heterocycles. The minimum Gasteiger partial charge on any atom is -0.465 e. The molecule has 4 saturated heterocycles. The zero-order valence-electron chi connectivity index (χ0n) is 24.4. The Labute approximate surface area is 243 Å². The van der Waals surface area contributed by atoms with Gasteiger partial charge >= 0.3 is 5.97 Å². The van der Waals surface area contributed by atoms with Crippen molar-refractivity contribution in [3.63, 3.8) is 0 Å². The number of hydrogen-bond donors (Lipinski definition) is 1. The number of hydrogen-bond acceptors (Lipinski definition) is 8. The second-order valence-electron chi connectivity index (χ2n) is 12.1. The quantitative estimate of drug-likeness (QED) is 0.191. The zero-order valence-corrected chi connectivity index (χ0v) is 25.2. The number of unbranched alkanes of at least 4 members (excludes halogenated alkanes) is 1. The van der Waals surface area contributed by atoms with Gasteiger partial charge in [0.25, 0.3) is 0 Å². The van der Waals surface area contributed by atoms with Crippen molar-refractivity contribution in [2.75, 3.05) is 59.2 Å². The van der Waals surface area contributed by atoms with Gasteiger partial charge in [0, 0.05) is 37.5 Å². The number of morpholine rings is 1. The van der Waals surface area contributed by atoms with Gasteiger partial charge in [0.05, 0.1) is 49.1 Å². The van der Waals surface area contributed by atoms with E-state index < -0.39 is 33.4 Å². The first-order chi connectivity index (χ1) is 19.1. The average molecular weight is 578 g/mol. The Bertz CT molecular complexity index is 971. The second kappa shape index (κ2) is 13.0. The Balaban J connectivity index is 1.67. The molecule has 10 heteroatoms. The third-order valence-electron chi connectivity index (χ3n) is 9.26. The number of thioether (sulfide) groups is 1. The smallest absolute Gasteiger partial charge is 0.311 e. The normalized spacial score (nSPS) is 32.3. The van der Waals surface area contributed by atoms with E-state index in [0.717, 1.165) is 25.9 Å². The number of aliphatic hydroxyl groups is 1. The summed E-state index contributed by atoms with van der Waals surface area (Å²) in [7, 11) is 0. The molecule has 9 nitrogen and oxygen atoms in total. The Morgan fingerprint density at radius 1 is 1.25 bits per heavy atom. The highest BCUT2D eigenvalue weighted by molar-refractivity contribution is 8.02. The van der Waals surface area contributed by atoms with E-state index >= 15 is 0 Å². The summed E-state index contributed by atoms with van der Waals surface area (Å²) < 4.78 is 9.96. The Hall–Kier alpha value is -1.88. The molecule has 2 bridgehead atoms. The molecule has 0 aromatic rings. The van der Waals surface area contributed by atoms with Gasteiger partial charge in [-0.3, -0.25) is 19.3 Å². The molecular formula is C30H47N3O6S. The van der Waals surface area contributed by atoms with Crippen LogP contribution in [0.15, 0.2) is 25.3 Å². The molecule has 0 saturated carbocycles. The van der Waals surface area contributed by atoms with Crippen LogP contribution < -0.4 is 0 Å². The van der Waals surface area contributed by atoms with Crippen LogP contribution in [-0.4, -0.2) is 118 Å². The van der Waals surface area contributed by atoms with Gasteiger partial charge < -0.3 is 24.4 Å². The van der Waals surface area contributed by atoms with Crippen LogP contribution in [0.2, 0.25) is 0 Å². The molecule has 6 atom stereocenters. The van der Waals surface area contributed by atoms with E-state index in [1.807, 2.05) is 20.8 Å². The van der Waals surface area contributed by atoms with E-state index in [0.29, 0.717) is 45.7 Å². The number of allylic oxidation sites excluding steroid dienone is 1. The summed E-state index contributed by atoms with van der Waals surface area (Å²) in [6.07, 6.45) is 6.34. The highest BCUT2D eigenvalue weighted by Gasteiger charge is 2.78. The lowest BCUT2D eigenvalue weighted by Gasteiger charge is -2.41. The maximum Gasteiger partial charge on any atom is 0.311 e. The van der Waals surface area contributed by atoms with Gasteiger partial charge in [-0.1, -0.05) is 26.0 Å². The zero-order chi connectivity index (χ0) is 29.1. The fraction of sp³-hybridized carbons (Fsp3) is 0.767. The van der Waals surface area contributed by atoms with E-state index in [1.54, 1.807) is 33.7 Å². The van der Waals surface area contributed by atoms with Crippen molar-refractivity contribution in [1.29, 1.82) is 0 Å². The van der Waals surface area contributed by atoms with E-state index in [-0.39, 0.29) is 36.9 Å². The first-order valence-corrected chi connectivity index (χ1v) is 15.6. The number of amides is 2. The minimum absolute atomic E-state index is 0.0669. The molecule has 2 unspecified atom stereocenters. The number of carbonyl (C=O) groups excluding carboxylic acids is 3. The summed E-state index contributed by atoms with van der Waals surface area (Å²) in [5.41, 5.74) is 0. The predicted molar refractivity (Wildman–Crippen MR) is 156 cm³/mol. The molecule has 40 heavy (non-hydrogen) atoms. The van der Waals surface area contributed by atoms with Crippen molar-refractivity contribution < 1.29 is 29.0 Å². The summed E-state index contributed by atoms with van der Waals surface area (Å²) in [6, 6.07) is -1.29. The second-order valence-corrected chi connectivity index (χ2v) is 14.0. The molecule has 4 aliphatic heterocycles. The molecule has 0 radical (unpaired) electrons. The predicted octanol–water partition coefficient (Wildman–Crippen LogP) is 2.34. The summed E-state index contributed by atoms with van der Waals surface area (Å²) in [4.78, 5) is 48.2. The Kier molecular flexibility index (Phi) is 10.1. The number of likely N-dealkylation sites (tertiary alicyclic amines) is 1. The summed E-state index contributed by atoms with van der Waals surface area (Å²) in [5.74, 6) is -2.04. The monoisotopic (exact) mass is 577 g/mol. The fourth-order valence-corrected chi connectivity index (χ4v) is 9.50. The molecule has 224 valence electrons. The van der Waals surface area contributed by atoms with Gasteiger partial charge in [-0.05, 0) is 38.5 Å². The lowest BCUT2D eigenvalue weighted by molar-refractivity contribution is -0.156.